The maximum Gasteiger partial charge on any atom is 0.203 e. The zero-order chi connectivity index (χ0) is 16.7. The average Bonchev–Trinajstić information content (AvgIpc) is 2.60. The van der Waals surface area contributed by atoms with Gasteiger partial charge in [-0.1, -0.05) is 13.0 Å². The van der Waals surface area contributed by atoms with Crippen LogP contribution in [0.1, 0.15) is 6.92 Å². The van der Waals surface area contributed by atoms with E-state index in [9.17, 15) is 5.11 Å². The molecule has 0 radical (unpaired) electrons. The summed E-state index contributed by atoms with van der Waals surface area (Å²) in [5.41, 5.74) is 0. The normalized spacial score (nSPS) is 17.7. The number of ether oxygens (including phenoxy) is 3. The third-order valence-corrected chi connectivity index (χ3v) is 4.18. The Labute approximate surface area is 138 Å². The van der Waals surface area contributed by atoms with E-state index < -0.39 is 6.10 Å². The first kappa shape index (κ1) is 17.8. The van der Waals surface area contributed by atoms with Crippen molar-refractivity contribution in [1.29, 1.82) is 0 Å². The highest BCUT2D eigenvalue weighted by molar-refractivity contribution is 5.51. The van der Waals surface area contributed by atoms with Gasteiger partial charge in [-0.05, 0) is 18.7 Å². The molecule has 6 nitrogen and oxygen atoms in total. The van der Waals surface area contributed by atoms with Crippen molar-refractivity contribution in [2.45, 2.75) is 13.0 Å². The Hall–Kier alpha value is -1.50. The molecule has 2 rings (SSSR count). The lowest BCUT2D eigenvalue weighted by Crippen LogP contribution is -2.49. The number of aliphatic hydroxyl groups is 1. The maximum absolute atomic E-state index is 10.3. The first-order valence-electron chi connectivity index (χ1n) is 8.14. The van der Waals surface area contributed by atoms with Gasteiger partial charge in [0.2, 0.25) is 5.75 Å². The van der Waals surface area contributed by atoms with E-state index in [1.165, 1.54) is 0 Å². The van der Waals surface area contributed by atoms with Crippen molar-refractivity contribution in [3.63, 3.8) is 0 Å². The van der Waals surface area contributed by atoms with Gasteiger partial charge in [0, 0.05) is 32.7 Å². The molecule has 0 amide bonds. The second-order valence-electron chi connectivity index (χ2n) is 5.69. The van der Waals surface area contributed by atoms with Crippen LogP contribution in [0, 0.1) is 0 Å². The van der Waals surface area contributed by atoms with Gasteiger partial charge in [-0.25, -0.2) is 0 Å². The van der Waals surface area contributed by atoms with Gasteiger partial charge in [-0.2, -0.15) is 0 Å². The Bertz CT molecular complexity index is 453. The van der Waals surface area contributed by atoms with Gasteiger partial charge in [0.15, 0.2) is 11.5 Å². The number of methoxy groups -OCH3 is 2. The second-order valence-corrected chi connectivity index (χ2v) is 5.69. The van der Waals surface area contributed by atoms with Crippen molar-refractivity contribution in [3.05, 3.63) is 18.2 Å². The van der Waals surface area contributed by atoms with Crippen molar-refractivity contribution in [1.82, 2.24) is 9.80 Å². The number of rotatable bonds is 8. The molecule has 0 saturated carbocycles. The Morgan fingerprint density at radius 1 is 1.04 bits per heavy atom. The number of aliphatic hydroxyl groups excluding tert-OH is 1. The van der Waals surface area contributed by atoms with E-state index in [2.05, 4.69) is 16.7 Å². The average molecular weight is 324 g/mol. The van der Waals surface area contributed by atoms with E-state index in [0.717, 1.165) is 32.7 Å². The van der Waals surface area contributed by atoms with E-state index >= 15 is 0 Å². The summed E-state index contributed by atoms with van der Waals surface area (Å²) in [5, 5.41) is 10.3. The molecule has 0 spiro atoms. The lowest BCUT2D eigenvalue weighted by molar-refractivity contribution is 0.0458. The van der Waals surface area contributed by atoms with Crippen LogP contribution in [0.5, 0.6) is 17.2 Å². The summed E-state index contributed by atoms with van der Waals surface area (Å²) in [4.78, 5) is 4.69. The van der Waals surface area contributed by atoms with E-state index in [-0.39, 0.29) is 6.61 Å². The Morgan fingerprint density at radius 2 is 1.61 bits per heavy atom. The molecular weight excluding hydrogens is 296 g/mol. The van der Waals surface area contributed by atoms with Gasteiger partial charge in [-0.3, -0.25) is 4.90 Å². The van der Waals surface area contributed by atoms with E-state index in [1.807, 2.05) is 18.2 Å². The SMILES string of the molecule is CCN1CCN(C[C@@H](O)COc2c(OC)cccc2OC)CC1. The second kappa shape index (κ2) is 8.96. The molecule has 1 aromatic rings. The molecule has 6 heteroatoms. The number of likely N-dealkylation sites (N-methyl/N-ethyl adjacent to an activating group) is 1. The molecule has 1 N–H and O–H groups in total. The predicted octanol–water partition coefficient (Wildman–Crippen LogP) is 1.08. The maximum atomic E-state index is 10.3. The number of hydrogen-bond donors (Lipinski definition) is 1. The first-order chi connectivity index (χ1) is 11.2. The number of hydrogen-bond acceptors (Lipinski definition) is 6. The van der Waals surface area contributed by atoms with Crippen LogP contribution in [0.3, 0.4) is 0 Å². The van der Waals surface area contributed by atoms with Gasteiger partial charge in [0.1, 0.15) is 12.7 Å². The topological polar surface area (TPSA) is 54.4 Å². The van der Waals surface area contributed by atoms with Crippen LogP contribution in [0.2, 0.25) is 0 Å². The summed E-state index contributed by atoms with van der Waals surface area (Å²) in [6, 6.07) is 5.47. The van der Waals surface area contributed by atoms with Crippen LogP contribution in [0.15, 0.2) is 18.2 Å². The Balaban J connectivity index is 1.84. The van der Waals surface area contributed by atoms with Crippen molar-refractivity contribution in [3.8, 4) is 17.2 Å². The standard InChI is InChI=1S/C17H28N2O4/c1-4-18-8-10-19(11-9-18)12-14(20)13-23-17-15(21-2)6-5-7-16(17)22-3/h5-7,14,20H,4,8-13H2,1-3H3/t14-/m1/s1. The van der Waals surface area contributed by atoms with Gasteiger partial charge in [0.25, 0.3) is 0 Å². The van der Waals surface area contributed by atoms with Crippen LogP contribution >= 0.6 is 0 Å². The summed E-state index contributed by atoms with van der Waals surface area (Å²) in [5.74, 6) is 1.74. The van der Waals surface area contributed by atoms with E-state index in [0.29, 0.717) is 23.8 Å². The summed E-state index contributed by atoms with van der Waals surface area (Å²) in [7, 11) is 3.18. The molecule has 1 heterocycles. The highest BCUT2D eigenvalue weighted by Crippen LogP contribution is 2.36. The number of para-hydroxylation sites is 1. The lowest BCUT2D eigenvalue weighted by atomic mass is 10.2. The number of nitrogens with zero attached hydrogens (tertiary/aromatic N) is 2. The fraction of sp³-hybridized carbons (Fsp3) is 0.647. The minimum atomic E-state index is -0.544. The molecule has 130 valence electrons. The minimum Gasteiger partial charge on any atom is -0.493 e. The van der Waals surface area contributed by atoms with Gasteiger partial charge in [-0.15, -0.1) is 0 Å². The highest BCUT2D eigenvalue weighted by Gasteiger charge is 2.19. The molecule has 0 aromatic heterocycles. The number of piperazine rings is 1. The number of β-amino-alcohol motifs (C(OH)–C–C–N with tert-alkyl or cyclic N) is 1. The fourth-order valence-corrected chi connectivity index (χ4v) is 2.78. The smallest absolute Gasteiger partial charge is 0.203 e. The van der Waals surface area contributed by atoms with Crippen molar-refractivity contribution in [2.75, 3.05) is 60.1 Å². The van der Waals surface area contributed by atoms with E-state index in [4.69, 9.17) is 14.2 Å². The van der Waals surface area contributed by atoms with Crippen molar-refractivity contribution < 1.29 is 19.3 Å². The quantitative estimate of drug-likeness (QED) is 0.772. The molecule has 0 unspecified atom stereocenters. The van der Waals surface area contributed by atoms with Crippen LogP contribution in [0.25, 0.3) is 0 Å². The highest BCUT2D eigenvalue weighted by atomic mass is 16.5. The molecule has 1 aromatic carbocycles. The Morgan fingerprint density at radius 3 is 2.13 bits per heavy atom. The van der Waals surface area contributed by atoms with Crippen molar-refractivity contribution >= 4 is 0 Å². The minimum absolute atomic E-state index is 0.213. The molecule has 0 bridgehead atoms. The first-order valence-corrected chi connectivity index (χ1v) is 8.14. The van der Waals surface area contributed by atoms with E-state index in [1.54, 1.807) is 14.2 Å². The third kappa shape index (κ3) is 4.99. The zero-order valence-electron chi connectivity index (χ0n) is 14.3. The summed E-state index contributed by atoms with van der Waals surface area (Å²) < 4.78 is 16.3. The molecule has 1 saturated heterocycles. The molecular formula is C17H28N2O4. The van der Waals surface area contributed by atoms with Crippen LogP contribution in [0.4, 0.5) is 0 Å². The van der Waals surface area contributed by atoms with Crippen molar-refractivity contribution in [2.24, 2.45) is 0 Å². The Kier molecular flexibility index (Phi) is 6.95. The molecule has 23 heavy (non-hydrogen) atoms. The third-order valence-electron chi connectivity index (χ3n) is 4.18. The molecule has 1 aliphatic heterocycles. The molecule has 1 aliphatic rings. The number of benzene rings is 1. The molecule has 0 aliphatic carbocycles. The molecule has 1 atom stereocenters. The lowest BCUT2D eigenvalue weighted by Gasteiger charge is -2.34. The predicted molar refractivity (Wildman–Crippen MR) is 89.6 cm³/mol. The van der Waals surface area contributed by atoms with Crippen LogP contribution < -0.4 is 14.2 Å². The summed E-state index contributed by atoms with van der Waals surface area (Å²) >= 11 is 0. The molecule has 1 fully saturated rings. The summed E-state index contributed by atoms with van der Waals surface area (Å²) in [6.45, 7) is 8.20. The zero-order valence-corrected chi connectivity index (χ0v) is 14.3. The van der Waals surface area contributed by atoms with Crippen LogP contribution in [-0.4, -0.2) is 81.1 Å². The van der Waals surface area contributed by atoms with Gasteiger partial charge < -0.3 is 24.2 Å². The van der Waals surface area contributed by atoms with Gasteiger partial charge in [0.05, 0.1) is 14.2 Å². The largest absolute Gasteiger partial charge is 0.493 e. The monoisotopic (exact) mass is 324 g/mol. The van der Waals surface area contributed by atoms with Gasteiger partial charge >= 0.3 is 0 Å². The fourth-order valence-electron chi connectivity index (χ4n) is 2.78. The van der Waals surface area contributed by atoms with Crippen LogP contribution in [-0.2, 0) is 0 Å². The summed E-state index contributed by atoms with van der Waals surface area (Å²) in [6.07, 6.45) is -0.544.